The minimum Gasteiger partial charge on any atom is -0.497 e. The number of methoxy groups -OCH3 is 1. The molecule has 0 radical (unpaired) electrons. The molecule has 1 saturated heterocycles. The minimum atomic E-state index is -0.182. The summed E-state index contributed by atoms with van der Waals surface area (Å²) in [5.74, 6) is 0.845. The van der Waals surface area contributed by atoms with E-state index in [2.05, 4.69) is 10.6 Å². The molecule has 0 atom stereocenters. The SMILES string of the molecule is COc1ccc(CNC(=O)NC2CCN(C(=O)c3ccccc3)CC2)cc1. The second kappa shape index (κ2) is 9.07. The number of benzene rings is 2. The molecule has 1 aliphatic rings. The average Bonchev–Trinajstić information content (AvgIpc) is 2.73. The van der Waals surface area contributed by atoms with Crippen molar-refractivity contribution in [2.24, 2.45) is 0 Å². The quantitative estimate of drug-likeness (QED) is 0.854. The smallest absolute Gasteiger partial charge is 0.315 e. The number of piperidine rings is 1. The summed E-state index contributed by atoms with van der Waals surface area (Å²) in [6, 6.07) is 16.8. The van der Waals surface area contributed by atoms with Gasteiger partial charge in [-0.05, 0) is 42.7 Å². The molecular formula is C21H25N3O3. The maximum Gasteiger partial charge on any atom is 0.315 e. The molecule has 0 aliphatic carbocycles. The molecule has 0 saturated carbocycles. The fraction of sp³-hybridized carbons (Fsp3) is 0.333. The maximum absolute atomic E-state index is 12.5. The number of amides is 3. The Morgan fingerprint density at radius 1 is 1.04 bits per heavy atom. The molecule has 3 rings (SSSR count). The van der Waals surface area contributed by atoms with Crippen molar-refractivity contribution < 1.29 is 14.3 Å². The zero-order valence-corrected chi connectivity index (χ0v) is 15.5. The molecule has 1 fully saturated rings. The first-order valence-electron chi connectivity index (χ1n) is 9.17. The summed E-state index contributed by atoms with van der Waals surface area (Å²) < 4.78 is 5.12. The van der Waals surface area contributed by atoms with Crippen molar-refractivity contribution in [3.8, 4) is 5.75 Å². The summed E-state index contributed by atoms with van der Waals surface area (Å²) in [7, 11) is 1.62. The summed E-state index contributed by atoms with van der Waals surface area (Å²) in [6.45, 7) is 1.76. The van der Waals surface area contributed by atoms with Crippen LogP contribution in [0, 0.1) is 0 Å². The third-order valence-electron chi connectivity index (χ3n) is 4.75. The monoisotopic (exact) mass is 367 g/mol. The Morgan fingerprint density at radius 2 is 1.70 bits per heavy atom. The van der Waals surface area contributed by atoms with Gasteiger partial charge in [0.15, 0.2) is 0 Å². The van der Waals surface area contributed by atoms with Crippen LogP contribution in [-0.2, 0) is 6.54 Å². The molecule has 2 N–H and O–H groups in total. The summed E-state index contributed by atoms with van der Waals surface area (Å²) >= 11 is 0. The standard InChI is InChI=1S/C21H25N3O3/c1-27-19-9-7-16(8-10-19)15-22-21(26)23-18-11-13-24(14-12-18)20(25)17-5-3-2-4-6-17/h2-10,18H,11-15H2,1H3,(H2,22,23,26). The second-order valence-electron chi connectivity index (χ2n) is 6.61. The number of nitrogens with zero attached hydrogens (tertiary/aromatic N) is 1. The molecule has 142 valence electrons. The van der Waals surface area contributed by atoms with Crippen molar-refractivity contribution in [1.29, 1.82) is 0 Å². The summed E-state index contributed by atoms with van der Waals surface area (Å²) in [5.41, 5.74) is 1.72. The van der Waals surface area contributed by atoms with Crippen LogP contribution in [0.2, 0.25) is 0 Å². The molecule has 1 aliphatic heterocycles. The van der Waals surface area contributed by atoms with Gasteiger partial charge in [0.05, 0.1) is 7.11 Å². The number of hydrogen-bond donors (Lipinski definition) is 2. The van der Waals surface area contributed by atoms with Gasteiger partial charge in [-0.3, -0.25) is 4.79 Å². The van der Waals surface area contributed by atoms with Crippen molar-refractivity contribution in [2.75, 3.05) is 20.2 Å². The minimum absolute atomic E-state index is 0.0537. The highest BCUT2D eigenvalue weighted by atomic mass is 16.5. The number of rotatable bonds is 5. The molecule has 6 nitrogen and oxygen atoms in total. The fourth-order valence-corrected chi connectivity index (χ4v) is 3.15. The molecular weight excluding hydrogens is 342 g/mol. The maximum atomic E-state index is 12.5. The Balaban J connectivity index is 1.40. The van der Waals surface area contributed by atoms with Crippen LogP contribution in [0.1, 0.15) is 28.8 Å². The van der Waals surface area contributed by atoms with Crippen LogP contribution in [0.3, 0.4) is 0 Å². The number of ether oxygens (including phenoxy) is 1. The zero-order chi connectivity index (χ0) is 19.1. The van der Waals surface area contributed by atoms with E-state index in [0.29, 0.717) is 25.2 Å². The first-order valence-corrected chi connectivity index (χ1v) is 9.17. The molecule has 3 amide bonds. The molecule has 1 heterocycles. The van der Waals surface area contributed by atoms with Crippen LogP contribution in [0.5, 0.6) is 5.75 Å². The van der Waals surface area contributed by atoms with Gasteiger partial charge in [0, 0.05) is 31.2 Å². The van der Waals surface area contributed by atoms with E-state index in [4.69, 9.17) is 4.74 Å². The molecule has 0 unspecified atom stereocenters. The Morgan fingerprint density at radius 3 is 2.33 bits per heavy atom. The van der Waals surface area contributed by atoms with Gasteiger partial charge in [-0.15, -0.1) is 0 Å². The highest BCUT2D eigenvalue weighted by Crippen LogP contribution is 2.14. The predicted octanol–water partition coefficient (Wildman–Crippen LogP) is 2.80. The van der Waals surface area contributed by atoms with Crippen LogP contribution in [0.15, 0.2) is 54.6 Å². The van der Waals surface area contributed by atoms with Gasteiger partial charge in [0.25, 0.3) is 5.91 Å². The molecule has 0 spiro atoms. The van der Waals surface area contributed by atoms with Gasteiger partial charge in [0.2, 0.25) is 0 Å². The number of hydrogen-bond acceptors (Lipinski definition) is 3. The lowest BCUT2D eigenvalue weighted by Gasteiger charge is -2.32. The summed E-state index contributed by atoms with van der Waals surface area (Å²) in [6.07, 6.45) is 1.52. The lowest BCUT2D eigenvalue weighted by molar-refractivity contribution is 0.0708. The van der Waals surface area contributed by atoms with E-state index < -0.39 is 0 Å². The summed E-state index contributed by atoms with van der Waals surface area (Å²) in [4.78, 5) is 26.4. The first kappa shape index (κ1) is 18.8. The molecule has 0 bridgehead atoms. The third-order valence-corrected chi connectivity index (χ3v) is 4.75. The van der Waals surface area contributed by atoms with Crippen molar-refractivity contribution in [3.05, 3.63) is 65.7 Å². The summed E-state index contributed by atoms with van der Waals surface area (Å²) in [5, 5.41) is 5.87. The van der Waals surface area contributed by atoms with E-state index in [9.17, 15) is 9.59 Å². The number of carbonyl (C=O) groups is 2. The van der Waals surface area contributed by atoms with Crippen molar-refractivity contribution in [2.45, 2.75) is 25.4 Å². The first-order chi connectivity index (χ1) is 13.2. The van der Waals surface area contributed by atoms with Crippen LogP contribution in [0.25, 0.3) is 0 Å². The van der Waals surface area contributed by atoms with Crippen molar-refractivity contribution in [1.82, 2.24) is 15.5 Å². The number of likely N-dealkylation sites (tertiary alicyclic amines) is 1. The normalized spacial score (nSPS) is 14.5. The predicted molar refractivity (Wildman–Crippen MR) is 104 cm³/mol. The van der Waals surface area contributed by atoms with E-state index >= 15 is 0 Å². The van der Waals surface area contributed by atoms with Gasteiger partial charge in [-0.2, -0.15) is 0 Å². The van der Waals surface area contributed by atoms with Crippen LogP contribution >= 0.6 is 0 Å². The Labute approximate surface area is 159 Å². The van der Waals surface area contributed by atoms with E-state index in [1.807, 2.05) is 59.5 Å². The number of carbonyl (C=O) groups excluding carboxylic acids is 2. The van der Waals surface area contributed by atoms with E-state index in [0.717, 1.165) is 24.2 Å². The molecule has 6 heteroatoms. The Bertz CT molecular complexity index is 754. The second-order valence-corrected chi connectivity index (χ2v) is 6.61. The highest BCUT2D eigenvalue weighted by Gasteiger charge is 2.24. The van der Waals surface area contributed by atoms with Gasteiger partial charge >= 0.3 is 6.03 Å². The van der Waals surface area contributed by atoms with Crippen LogP contribution < -0.4 is 15.4 Å². The molecule has 27 heavy (non-hydrogen) atoms. The Hall–Kier alpha value is -3.02. The fourth-order valence-electron chi connectivity index (χ4n) is 3.15. The lowest BCUT2D eigenvalue weighted by atomic mass is 10.0. The van der Waals surface area contributed by atoms with Gasteiger partial charge in [-0.25, -0.2) is 4.79 Å². The van der Waals surface area contributed by atoms with Crippen LogP contribution in [-0.4, -0.2) is 43.1 Å². The van der Waals surface area contributed by atoms with E-state index in [1.165, 1.54) is 0 Å². The lowest BCUT2D eigenvalue weighted by Crippen LogP contribution is -2.49. The Kier molecular flexibility index (Phi) is 6.30. The molecule has 0 aromatic heterocycles. The third kappa shape index (κ3) is 5.23. The largest absolute Gasteiger partial charge is 0.497 e. The van der Waals surface area contributed by atoms with E-state index in [1.54, 1.807) is 7.11 Å². The number of nitrogens with one attached hydrogen (secondary N) is 2. The van der Waals surface area contributed by atoms with Crippen LogP contribution in [0.4, 0.5) is 4.79 Å². The van der Waals surface area contributed by atoms with E-state index in [-0.39, 0.29) is 18.0 Å². The molecule has 2 aromatic carbocycles. The highest BCUT2D eigenvalue weighted by molar-refractivity contribution is 5.94. The molecule has 2 aromatic rings. The van der Waals surface area contributed by atoms with Gasteiger partial charge in [0.1, 0.15) is 5.75 Å². The van der Waals surface area contributed by atoms with Gasteiger partial charge in [-0.1, -0.05) is 30.3 Å². The number of urea groups is 1. The topological polar surface area (TPSA) is 70.7 Å². The van der Waals surface area contributed by atoms with Crippen molar-refractivity contribution >= 4 is 11.9 Å². The zero-order valence-electron chi connectivity index (χ0n) is 15.5. The average molecular weight is 367 g/mol. The van der Waals surface area contributed by atoms with Gasteiger partial charge < -0.3 is 20.3 Å². The van der Waals surface area contributed by atoms with Crippen molar-refractivity contribution in [3.63, 3.8) is 0 Å².